The normalized spacial score (nSPS) is 14.8. The van der Waals surface area contributed by atoms with E-state index in [1.54, 1.807) is 16.2 Å². The number of fused-ring (bicyclic) bond motifs is 1. The molecule has 3 aromatic heterocycles. The lowest BCUT2D eigenvalue weighted by atomic mass is 9.96. The molecule has 0 aliphatic carbocycles. The van der Waals surface area contributed by atoms with Gasteiger partial charge in [-0.2, -0.15) is 4.98 Å². The molecule has 3 aromatic rings. The summed E-state index contributed by atoms with van der Waals surface area (Å²) >= 11 is 1.61. The summed E-state index contributed by atoms with van der Waals surface area (Å²) in [5.74, 6) is 1.48. The van der Waals surface area contributed by atoms with Crippen LogP contribution in [0.4, 0.5) is 4.79 Å². The van der Waals surface area contributed by atoms with Gasteiger partial charge in [-0.05, 0) is 19.8 Å². The highest BCUT2D eigenvalue weighted by atomic mass is 32.1. The van der Waals surface area contributed by atoms with Crippen LogP contribution in [0.15, 0.2) is 6.20 Å². The van der Waals surface area contributed by atoms with Crippen molar-refractivity contribution in [3.63, 3.8) is 0 Å². The quantitative estimate of drug-likeness (QED) is 0.385. The number of aromatic nitrogens is 5. The van der Waals surface area contributed by atoms with Crippen LogP contribution in [-0.2, 0) is 22.3 Å². The number of hydrogen-bond acceptors (Lipinski definition) is 8. The summed E-state index contributed by atoms with van der Waals surface area (Å²) in [6.45, 7) is 16.5. The Morgan fingerprint density at radius 2 is 1.76 bits per heavy atom. The first-order valence-corrected chi connectivity index (χ1v) is 12.2. The standard InChI is InChI=1S/C23H32N6O3S/c1-8-29-16(14-13-24-20(33-14)23(5,6)7)25-15-17(29)26-19(22(2,3)4)27-18(15)31-32-21(30)28-11-9-10-12-28/h13H,8-12H2,1-7H3. The topological polar surface area (TPSA) is 95.3 Å². The first-order valence-electron chi connectivity index (χ1n) is 11.4. The van der Waals surface area contributed by atoms with E-state index in [0.717, 1.165) is 28.6 Å². The van der Waals surface area contributed by atoms with Crippen molar-refractivity contribution in [2.45, 2.75) is 78.7 Å². The maximum absolute atomic E-state index is 12.4. The van der Waals surface area contributed by atoms with E-state index in [1.165, 1.54) is 0 Å². The van der Waals surface area contributed by atoms with Crippen molar-refractivity contribution >= 4 is 28.6 Å². The van der Waals surface area contributed by atoms with Gasteiger partial charge in [0.05, 0.1) is 9.88 Å². The molecule has 0 saturated carbocycles. The maximum Gasteiger partial charge on any atom is 0.452 e. The third-order valence-electron chi connectivity index (χ3n) is 5.47. The summed E-state index contributed by atoms with van der Waals surface area (Å²) in [6, 6.07) is 0. The highest BCUT2D eigenvalue weighted by Gasteiger charge is 2.28. The van der Waals surface area contributed by atoms with Gasteiger partial charge in [-0.1, -0.05) is 41.5 Å². The fraction of sp³-hybridized carbons (Fsp3) is 0.609. The van der Waals surface area contributed by atoms with Gasteiger partial charge in [-0.3, -0.25) is 4.89 Å². The minimum Gasteiger partial charge on any atom is -0.308 e. The van der Waals surface area contributed by atoms with Gasteiger partial charge in [0.25, 0.3) is 0 Å². The largest absolute Gasteiger partial charge is 0.452 e. The van der Waals surface area contributed by atoms with Crippen molar-refractivity contribution in [1.82, 2.24) is 29.4 Å². The first-order chi connectivity index (χ1) is 15.5. The van der Waals surface area contributed by atoms with E-state index in [2.05, 4.69) is 30.7 Å². The van der Waals surface area contributed by atoms with Crippen molar-refractivity contribution in [2.75, 3.05) is 13.1 Å². The van der Waals surface area contributed by atoms with Crippen LogP contribution in [-0.4, -0.2) is 48.6 Å². The Hall–Kier alpha value is -2.75. The second-order valence-electron chi connectivity index (χ2n) is 10.4. The molecule has 9 nitrogen and oxygen atoms in total. The van der Waals surface area contributed by atoms with Gasteiger partial charge < -0.3 is 9.47 Å². The number of aryl methyl sites for hydroxylation is 1. The number of imidazole rings is 1. The predicted octanol–water partition coefficient (Wildman–Crippen LogP) is 5.09. The van der Waals surface area contributed by atoms with Gasteiger partial charge in [0, 0.05) is 36.7 Å². The molecule has 0 N–H and O–H groups in total. The summed E-state index contributed by atoms with van der Waals surface area (Å²) in [4.78, 5) is 44.5. The highest BCUT2D eigenvalue weighted by Crippen LogP contribution is 2.36. The molecule has 0 unspecified atom stereocenters. The van der Waals surface area contributed by atoms with Crippen LogP contribution in [0, 0.1) is 0 Å². The third-order valence-corrected chi connectivity index (χ3v) is 6.89. The van der Waals surface area contributed by atoms with Gasteiger partial charge in [0.2, 0.25) is 0 Å². The minimum absolute atomic E-state index is 0.0523. The summed E-state index contributed by atoms with van der Waals surface area (Å²) in [7, 11) is 0. The van der Waals surface area contributed by atoms with E-state index in [-0.39, 0.29) is 16.7 Å². The van der Waals surface area contributed by atoms with Gasteiger partial charge in [-0.25, -0.2) is 24.6 Å². The molecule has 0 atom stereocenters. The second kappa shape index (κ2) is 8.55. The van der Waals surface area contributed by atoms with E-state index in [0.29, 0.717) is 36.6 Å². The molecule has 33 heavy (non-hydrogen) atoms. The number of thiazole rings is 1. The minimum atomic E-state index is -0.510. The number of carbonyl (C=O) groups is 1. The van der Waals surface area contributed by atoms with Crippen molar-refractivity contribution in [2.24, 2.45) is 0 Å². The molecule has 0 aromatic carbocycles. The fourth-order valence-corrected chi connectivity index (χ4v) is 4.58. The Kier molecular flexibility index (Phi) is 6.07. The zero-order valence-electron chi connectivity index (χ0n) is 20.4. The zero-order valence-corrected chi connectivity index (χ0v) is 21.2. The van der Waals surface area contributed by atoms with Crippen LogP contribution in [0.5, 0.6) is 5.88 Å². The lowest BCUT2D eigenvalue weighted by Crippen LogP contribution is -2.29. The van der Waals surface area contributed by atoms with Crippen molar-refractivity contribution in [3.05, 3.63) is 17.0 Å². The van der Waals surface area contributed by atoms with Crippen LogP contribution in [0.1, 0.15) is 72.1 Å². The highest BCUT2D eigenvalue weighted by molar-refractivity contribution is 7.15. The summed E-state index contributed by atoms with van der Waals surface area (Å²) < 4.78 is 2.03. The van der Waals surface area contributed by atoms with Crippen LogP contribution >= 0.6 is 11.3 Å². The molecule has 0 spiro atoms. The Labute approximate surface area is 198 Å². The Balaban J connectivity index is 1.79. The number of nitrogens with zero attached hydrogens (tertiary/aromatic N) is 6. The van der Waals surface area contributed by atoms with E-state index in [4.69, 9.17) is 19.7 Å². The van der Waals surface area contributed by atoms with Crippen molar-refractivity contribution in [1.29, 1.82) is 0 Å². The first kappa shape index (κ1) is 23.4. The van der Waals surface area contributed by atoms with Gasteiger partial charge in [-0.15, -0.1) is 11.3 Å². The Morgan fingerprint density at radius 3 is 2.33 bits per heavy atom. The average molecular weight is 473 g/mol. The van der Waals surface area contributed by atoms with Crippen LogP contribution < -0.4 is 4.89 Å². The average Bonchev–Trinajstić information content (AvgIpc) is 3.49. The monoisotopic (exact) mass is 472 g/mol. The van der Waals surface area contributed by atoms with Crippen LogP contribution in [0.3, 0.4) is 0 Å². The molecule has 1 saturated heterocycles. The summed E-state index contributed by atoms with van der Waals surface area (Å²) in [6.07, 6.45) is 3.28. The van der Waals surface area contributed by atoms with Gasteiger partial charge in [0.1, 0.15) is 5.82 Å². The third kappa shape index (κ3) is 4.66. The zero-order chi connectivity index (χ0) is 24.0. The molecule has 4 heterocycles. The van der Waals surface area contributed by atoms with Crippen molar-refractivity contribution < 1.29 is 14.6 Å². The molecule has 178 valence electrons. The molecular formula is C23H32N6O3S. The van der Waals surface area contributed by atoms with Crippen molar-refractivity contribution in [3.8, 4) is 16.6 Å². The number of amides is 1. The smallest absolute Gasteiger partial charge is 0.308 e. The SMILES string of the molecule is CCn1c(-c2cnc(C(C)(C)C)s2)nc2c(OOC(=O)N3CCCC3)nc(C(C)(C)C)nc21. The molecule has 0 radical (unpaired) electrons. The molecule has 1 fully saturated rings. The van der Waals surface area contributed by atoms with Crippen LogP contribution in [0.2, 0.25) is 0 Å². The van der Waals surface area contributed by atoms with Gasteiger partial charge in [0.15, 0.2) is 17.0 Å². The molecule has 1 aliphatic heterocycles. The van der Waals surface area contributed by atoms with E-state index in [9.17, 15) is 4.79 Å². The lowest BCUT2D eigenvalue weighted by Gasteiger charge is -2.18. The summed E-state index contributed by atoms with van der Waals surface area (Å²) in [5, 5.41) is 1.03. The van der Waals surface area contributed by atoms with Gasteiger partial charge >= 0.3 is 12.0 Å². The predicted molar refractivity (Wildman–Crippen MR) is 127 cm³/mol. The Bertz CT molecular complexity index is 1170. The number of likely N-dealkylation sites (tertiary alicyclic amines) is 1. The molecule has 4 rings (SSSR count). The second-order valence-corrected chi connectivity index (χ2v) is 11.4. The van der Waals surface area contributed by atoms with E-state index >= 15 is 0 Å². The summed E-state index contributed by atoms with van der Waals surface area (Å²) in [5.41, 5.74) is 0.714. The molecular weight excluding hydrogens is 440 g/mol. The van der Waals surface area contributed by atoms with E-state index in [1.807, 2.05) is 38.5 Å². The molecule has 1 amide bonds. The number of rotatable bonds is 4. The maximum atomic E-state index is 12.4. The molecule has 10 heteroatoms. The molecule has 0 bridgehead atoms. The Morgan fingerprint density at radius 1 is 1.06 bits per heavy atom. The number of carbonyl (C=O) groups excluding carboxylic acids is 1. The fourth-order valence-electron chi connectivity index (χ4n) is 3.61. The van der Waals surface area contributed by atoms with Crippen LogP contribution in [0.25, 0.3) is 21.9 Å². The van der Waals surface area contributed by atoms with E-state index < -0.39 is 6.09 Å². The number of hydrogen-bond donors (Lipinski definition) is 0. The molecule has 1 aliphatic rings. The lowest BCUT2D eigenvalue weighted by molar-refractivity contribution is -0.155.